The Morgan fingerprint density at radius 1 is 1.43 bits per heavy atom. The van der Waals surface area contributed by atoms with E-state index in [1.54, 1.807) is 37.5 Å². The molecule has 0 amide bonds. The van der Waals surface area contributed by atoms with E-state index in [1.807, 2.05) is 0 Å². The van der Waals surface area contributed by atoms with Gasteiger partial charge in [-0.2, -0.15) is 0 Å². The van der Waals surface area contributed by atoms with E-state index in [4.69, 9.17) is 10.5 Å². The van der Waals surface area contributed by atoms with Crippen LogP contribution in [0.1, 0.15) is 5.56 Å². The van der Waals surface area contributed by atoms with E-state index in [-0.39, 0.29) is 5.75 Å². The SMILES string of the molecule is CN/C=C(/Br)C(=N)c1ccc(O)cc1. The van der Waals surface area contributed by atoms with Crippen molar-refractivity contribution in [3.05, 3.63) is 40.5 Å². The molecule has 0 aliphatic heterocycles. The van der Waals surface area contributed by atoms with Gasteiger partial charge in [0.1, 0.15) is 5.75 Å². The molecule has 74 valence electrons. The minimum absolute atomic E-state index is 0.204. The first kappa shape index (κ1) is 10.8. The van der Waals surface area contributed by atoms with Gasteiger partial charge in [0.25, 0.3) is 0 Å². The number of aromatic hydroxyl groups is 1. The lowest BCUT2D eigenvalue weighted by molar-refractivity contribution is 0.475. The Morgan fingerprint density at radius 3 is 2.50 bits per heavy atom. The van der Waals surface area contributed by atoms with Gasteiger partial charge in [-0.15, -0.1) is 0 Å². The highest BCUT2D eigenvalue weighted by Gasteiger charge is 2.04. The minimum atomic E-state index is 0.204. The lowest BCUT2D eigenvalue weighted by Crippen LogP contribution is -2.02. The van der Waals surface area contributed by atoms with Crippen LogP contribution in [0.4, 0.5) is 0 Å². The highest BCUT2D eigenvalue weighted by atomic mass is 79.9. The van der Waals surface area contributed by atoms with Crippen LogP contribution in [0.2, 0.25) is 0 Å². The molecule has 1 rings (SSSR count). The third kappa shape index (κ3) is 2.60. The van der Waals surface area contributed by atoms with Crippen LogP contribution in [0, 0.1) is 5.41 Å². The molecule has 0 saturated heterocycles. The van der Waals surface area contributed by atoms with Gasteiger partial charge in [-0.1, -0.05) is 0 Å². The van der Waals surface area contributed by atoms with Gasteiger partial charge < -0.3 is 10.4 Å². The minimum Gasteiger partial charge on any atom is -0.508 e. The molecule has 0 aliphatic rings. The first-order valence-corrected chi connectivity index (χ1v) is 4.85. The van der Waals surface area contributed by atoms with Crippen LogP contribution in [-0.4, -0.2) is 17.9 Å². The summed E-state index contributed by atoms with van der Waals surface area (Å²) in [7, 11) is 1.77. The molecule has 0 fully saturated rings. The zero-order valence-corrected chi connectivity index (χ0v) is 9.30. The Bertz CT molecular complexity index is 357. The summed E-state index contributed by atoms with van der Waals surface area (Å²) < 4.78 is 0.672. The molecule has 4 heteroatoms. The molecule has 0 heterocycles. The highest BCUT2D eigenvalue weighted by Crippen LogP contribution is 2.16. The number of allylic oxidation sites excluding steroid dienone is 1. The van der Waals surface area contributed by atoms with E-state index < -0.39 is 0 Å². The molecule has 1 aromatic rings. The summed E-state index contributed by atoms with van der Waals surface area (Å²) in [4.78, 5) is 0. The Balaban J connectivity index is 2.90. The van der Waals surface area contributed by atoms with Gasteiger partial charge in [-0.05, 0) is 40.2 Å². The van der Waals surface area contributed by atoms with Crippen LogP contribution in [0.25, 0.3) is 0 Å². The zero-order chi connectivity index (χ0) is 10.6. The number of phenolic OH excluding ortho intramolecular Hbond substituents is 1. The number of hydrogen-bond acceptors (Lipinski definition) is 3. The van der Waals surface area contributed by atoms with Gasteiger partial charge >= 0.3 is 0 Å². The van der Waals surface area contributed by atoms with Crippen LogP contribution in [0.15, 0.2) is 34.9 Å². The maximum atomic E-state index is 9.07. The first-order chi connectivity index (χ1) is 6.65. The van der Waals surface area contributed by atoms with Gasteiger partial charge in [0.15, 0.2) is 0 Å². The van der Waals surface area contributed by atoms with Crippen molar-refractivity contribution in [2.45, 2.75) is 0 Å². The summed E-state index contributed by atoms with van der Waals surface area (Å²) in [5, 5.41) is 19.7. The summed E-state index contributed by atoms with van der Waals surface area (Å²) in [5.41, 5.74) is 1.13. The van der Waals surface area contributed by atoms with Crippen LogP contribution < -0.4 is 5.32 Å². The van der Waals surface area contributed by atoms with Crippen LogP contribution in [-0.2, 0) is 0 Å². The summed E-state index contributed by atoms with van der Waals surface area (Å²) in [6, 6.07) is 6.51. The molecule has 0 atom stereocenters. The molecular formula is C10H11BrN2O. The van der Waals surface area contributed by atoms with E-state index in [0.29, 0.717) is 10.2 Å². The quantitative estimate of drug-likeness (QED) is 0.725. The molecule has 0 aromatic heterocycles. The normalized spacial score (nSPS) is 11.1. The standard InChI is InChI=1S/C10H11BrN2O/c1-13-6-9(11)10(12)7-2-4-8(14)5-3-7/h2-6,12-14H,1H3/b9-6+,12-10?. The number of nitrogens with one attached hydrogen (secondary N) is 2. The van der Waals surface area contributed by atoms with E-state index in [9.17, 15) is 0 Å². The third-order valence-electron chi connectivity index (χ3n) is 1.67. The van der Waals surface area contributed by atoms with Crippen LogP contribution in [0.3, 0.4) is 0 Å². The van der Waals surface area contributed by atoms with Gasteiger partial charge in [0, 0.05) is 18.8 Å². The fraction of sp³-hybridized carbons (Fsp3) is 0.100. The third-order valence-corrected chi connectivity index (χ3v) is 2.29. The molecule has 0 saturated carbocycles. The summed E-state index contributed by atoms with van der Waals surface area (Å²) in [6.07, 6.45) is 1.69. The average molecular weight is 255 g/mol. The van der Waals surface area contributed by atoms with E-state index in [2.05, 4.69) is 21.2 Å². The van der Waals surface area contributed by atoms with Gasteiger partial charge in [0.2, 0.25) is 0 Å². The lowest BCUT2D eigenvalue weighted by Gasteiger charge is -2.03. The van der Waals surface area contributed by atoms with Crippen molar-refractivity contribution >= 4 is 21.6 Å². The second kappa shape index (κ2) is 4.81. The van der Waals surface area contributed by atoms with Crippen molar-refractivity contribution in [1.29, 1.82) is 5.41 Å². The Hall–Kier alpha value is -1.29. The fourth-order valence-corrected chi connectivity index (χ4v) is 1.42. The van der Waals surface area contributed by atoms with Crippen LogP contribution in [0.5, 0.6) is 5.75 Å². The molecule has 14 heavy (non-hydrogen) atoms. The van der Waals surface area contributed by atoms with Crippen molar-refractivity contribution < 1.29 is 5.11 Å². The smallest absolute Gasteiger partial charge is 0.115 e. The molecule has 1 aromatic carbocycles. The Morgan fingerprint density at radius 2 is 2.00 bits per heavy atom. The van der Waals surface area contributed by atoms with Gasteiger partial charge in [0.05, 0.1) is 10.2 Å². The monoisotopic (exact) mass is 254 g/mol. The van der Waals surface area contributed by atoms with E-state index in [1.165, 1.54) is 0 Å². The topological polar surface area (TPSA) is 56.1 Å². The molecule has 0 spiro atoms. The van der Waals surface area contributed by atoms with E-state index in [0.717, 1.165) is 5.56 Å². The van der Waals surface area contributed by atoms with E-state index >= 15 is 0 Å². The Labute approximate surface area is 91.1 Å². The summed E-state index contributed by atoms with van der Waals surface area (Å²) in [6.45, 7) is 0. The average Bonchev–Trinajstić information content (AvgIpc) is 2.18. The van der Waals surface area contributed by atoms with Crippen LogP contribution >= 0.6 is 15.9 Å². The van der Waals surface area contributed by atoms with Gasteiger partial charge in [-0.3, -0.25) is 5.41 Å². The maximum absolute atomic E-state index is 9.07. The fourth-order valence-electron chi connectivity index (χ4n) is 0.965. The second-order valence-corrected chi connectivity index (χ2v) is 3.56. The number of halogens is 1. The van der Waals surface area contributed by atoms with Crippen molar-refractivity contribution in [2.75, 3.05) is 7.05 Å². The molecule has 3 nitrogen and oxygen atoms in total. The largest absolute Gasteiger partial charge is 0.508 e. The summed E-state index contributed by atoms with van der Waals surface area (Å²) in [5.74, 6) is 0.204. The molecule has 3 N–H and O–H groups in total. The number of benzene rings is 1. The van der Waals surface area contributed by atoms with Gasteiger partial charge in [-0.25, -0.2) is 0 Å². The van der Waals surface area contributed by atoms with Crippen molar-refractivity contribution in [3.8, 4) is 5.75 Å². The molecule has 0 unspecified atom stereocenters. The molecular weight excluding hydrogens is 244 g/mol. The zero-order valence-electron chi connectivity index (χ0n) is 7.71. The predicted molar refractivity (Wildman–Crippen MR) is 61.0 cm³/mol. The second-order valence-electron chi connectivity index (χ2n) is 2.70. The summed E-state index contributed by atoms with van der Waals surface area (Å²) >= 11 is 3.27. The van der Waals surface area contributed by atoms with Crippen molar-refractivity contribution in [3.63, 3.8) is 0 Å². The molecule has 0 radical (unpaired) electrons. The molecule has 0 aliphatic carbocycles. The number of rotatable bonds is 3. The highest BCUT2D eigenvalue weighted by molar-refractivity contribution is 9.12. The van der Waals surface area contributed by atoms with Crippen molar-refractivity contribution in [2.24, 2.45) is 0 Å². The lowest BCUT2D eigenvalue weighted by atomic mass is 10.1. The maximum Gasteiger partial charge on any atom is 0.115 e. The van der Waals surface area contributed by atoms with Crippen molar-refractivity contribution in [1.82, 2.24) is 5.32 Å². The molecule has 0 bridgehead atoms. The number of hydrogen-bond donors (Lipinski definition) is 3. The predicted octanol–water partition coefficient (Wildman–Crippen LogP) is 2.22. The number of phenols is 1. The Kier molecular flexibility index (Phi) is 3.71. The first-order valence-electron chi connectivity index (χ1n) is 4.06.